The lowest BCUT2D eigenvalue weighted by Crippen LogP contribution is -1.83. The summed E-state index contributed by atoms with van der Waals surface area (Å²) in [7, 11) is 0. The molecule has 0 aliphatic rings. The van der Waals surface area contributed by atoms with Gasteiger partial charge >= 0.3 is 0 Å². The maximum atomic E-state index is 4.24. The number of aromatic nitrogens is 5. The first-order valence-corrected chi connectivity index (χ1v) is 4.52. The number of aromatic amines is 1. The van der Waals surface area contributed by atoms with Gasteiger partial charge < -0.3 is 0 Å². The highest BCUT2D eigenvalue weighted by atomic mass is 15.5. The molecule has 0 saturated carbocycles. The molecule has 1 N–H and O–H groups in total. The van der Waals surface area contributed by atoms with Gasteiger partial charge in [0.05, 0.1) is 5.52 Å². The Bertz CT molecular complexity index is 588. The molecule has 0 fully saturated rings. The van der Waals surface area contributed by atoms with Gasteiger partial charge in [0.15, 0.2) is 5.82 Å². The minimum atomic E-state index is 0.667. The van der Waals surface area contributed by atoms with Crippen LogP contribution >= 0.6 is 0 Å². The fraction of sp³-hybridized carbons (Fsp3) is 0. The molecular weight excluding hydrogens is 190 g/mol. The van der Waals surface area contributed by atoms with Crippen molar-refractivity contribution < 1.29 is 0 Å². The van der Waals surface area contributed by atoms with Gasteiger partial charge in [-0.15, -0.1) is 5.10 Å². The van der Waals surface area contributed by atoms with Crippen molar-refractivity contribution in [3.63, 3.8) is 0 Å². The highest BCUT2D eigenvalue weighted by molar-refractivity contribution is 5.82. The number of rotatable bonds is 1. The van der Waals surface area contributed by atoms with E-state index in [9.17, 15) is 0 Å². The van der Waals surface area contributed by atoms with Crippen LogP contribution in [0.25, 0.3) is 22.3 Å². The Kier molecular flexibility index (Phi) is 1.68. The number of fused-ring (bicyclic) bond motifs is 1. The van der Waals surface area contributed by atoms with E-state index in [4.69, 9.17) is 0 Å². The maximum absolute atomic E-state index is 4.24. The second-order valence-corrected chi connectivity index (χ2v) is 3.16. The van der Waals surface area contributed by atoms with Crippen LogP contribution in [0.3, 0.4) is 0 Å². The Balaban J connectivity index is 2.22. The number of tetrazole rings is 1. The molecule has 0 unspecified atom stereocenters. The Hall–Kier alpha value is -2.30. The zero-order chi connectivity index (χ0) is 10.1. The number of nitrogens with one attached hydrogen (secondary N) is 1. The molecule has 2 aromatic heterocycles. The van der Waals surface area contributed by atoms with E-state index < -0.39 is 0 Å². The second-order valence-electron chi connectivity index (χ2n) is 3.16. The third-order valence-electron chi connectivity index (χ3n) is 2.22. The summed E-state index contributed by atoms with van der Waals surface area (Å²) in [5.41, 5.74) is 1.93. The number of hydrogen-bond acceptors (Lipinski definition) is 4. The van der Waals surface area contributed by atoms with Gasteiger partial charge in [0.2, 0.25) is 0 Å². The molecule has 72 valence electrons. The number of benzene rings is 1. The van der Waals surface area contributed by atoms with Crippen molar-refractivity contribution in [3.05, 3.63) is 36.5 Å². The van der Waals surface area contributed by atoms with Crippen LogP contribution in [0.2, 0.25) is 0 Å². The Labute approximate surface area is 85.2 Å². The third-order valence-corrected chi connectivity index (χ3v) is 2.22. The molecule has 5 heteroatoms. The van der Waals surface area contributed by atoms with Crippen LogP contribution in [0, 0.1) is 0 Å². The fourth-order valence-electron chi connectivity index (χ4n) is 1.50. The van der Waals surface area contributed by atoms with Crippen LogP contribution in [-0.4, -0.2) is 25.6 Å². The maximum Gasteiger partial charge on any atom is 0.179 e. The van der Waals surface area contributed by atoms with Crippen LogP contribution < -0.4 is 0 Å². The molecule has 0 saturated heterocycles. The lowest BCUT2D eigenvalue weighted by Gasteiger charge is -1.98. The smallest absolute Gasteiger partial charge is 0.179 e. The summed E-state index contributed by atoms with van der Waals surface area (Å²) >= 11 is 0. The number of hydrogen-bond donors (Lipinski definition) is 1. The van der Waals surface area contributed by atoms with Gasteiger partial charge in [-0.1, -0.05) is 6.07 Å². The molecule has 0 bridgehead atoms. The molecule has 0 amide bonds. The van der Waals surface area contributed by atoms with Crippen molar-refractivity contribution in [2.24, 2.45) is 0 Å². The summed E-state index contributed by atoms with van der Waals surface area (Å²) < 4.78 is 0. The number of nitrogens with zero attached hydrogens (tertiary/aromatic N) is 4. The van der Waals surface area contributed by atoms with E-state index in [-0.39, 0.29) is 0 Å². The molecule has 0 aliphatic heterocycles. The summed E-state index contributed by atoms with van der Waals surface area (Å²) in [4.78, 5) is 4.24. The van der Waals surface area contributed by atoms with Gasteiger partial charge in [0.1, 0.15) is 0 Å². The summed E-state index contributed by atoms with van der Waals surface area (Å²) in [6, 6.07) is 9.82. The summed E-state index contributed by atoms with van der Waals surface area (Å²) in [6.45, 7) is 0. The van der Waals surface area contributed by atoms with Crippen LogP contribution in [0.5, 0.6) is 0 Å². The van der Waals surface area contributed by atoms with E-state index in [2.05, 4.69) is 25.6 Å². The fourth-order valence-corrected chi connectivity index (χ4v) is 1.50. The Morgan fingerprint density at radius 2 is 2.13 bits per heavy atom. The minimum absolute atomic E-state index is 0.667. The summed E-state index contributed by atoms with van der Waals surface area (Å²) in [5, 5.41) is 14.7. The first kappa shape index (κ1) is 8.05. The summed E-state index contributed by atoms with van der Waals surface area (Å²) in [5.74, 6) is 0.667. The van der Waals surface area contributed by atoms with Crippen LogP contribution in [0.4, 0.5) is 0 Å². The molecule has 1 aromatic carbocycles. The highest BCUT2D eigenvalue weighted by Gasteiger charge is 2.02. The third kappa shape index (κ3) is 1.34. The largest absolute Gasteiger partial charge is 0.256 e. The van der Waals surface area contributed by atoms with Gasteiger partial charge in [-0.3, -0.25) is 4.98 Å². The average Bonchev–Trinajstić information content (AvgIpc) is 2.82. The predicted molar refractivity (Wildman–Crippen MR) is 54.9 cm³/mol. The normalized spacial score (nSPS) is 10.7. The van der Waals surface area contributed by atoms with Crippen LogP contribution in [0.15, 0.2) is 36.5 Å². The van der Waals surface area contributed by atoms with Crippen LogP contribution in [-0.2, 0) is 0 Å². The zero-order valence-electron chi connectivity index (χ0n) is 7.75. The first-order chi connectivity index (χ1) is 7.43. The zero-order valence-corrected chi connectivity index (χ0v) is 7.75. The first-order valence-electron chi connectivity index (χ1n) is 4.52. The van der Waals surface area contributed by atoms with E-state index in [1.165, 1.54) is 0 Å². The van der Waals surface area contributed by atoms with E-state index in [0.29, 0.717) is 5.82 Å². The number of pyridine rings is 1. The molecule has 2 heterocycles. The Morgan fingerprint density at radius 3 is 3.00 bits per heavy atom. The molecule has 15 heavy (non-hydrogen) atoms. The molecule has 0 spiro atoms. The minimum Gasteiger partial charge on any atom is -0.256 e. The molecule has 0 atom stereocenters. The van der Waals surface area contributed by atoms with Crippen molar-refractivity contribution in [1.29, 1.82) is 0 Å². The lowest BCUT2D eigenvalue weighted by atomic mass is 10.1. The molecule has 0 radical (unpaired) electrons. The standard InChI is InChI=1S/C10H7N5/c1-2-7-6-8(10-12-14-15-13-10)3-4-9(7)11-5-1/h1-6H,(H,12,13,14,15). The van der Waals surface area contributed by atoms with Crippen molar-refractivity contribution in [1.82, 2.24) is 25.6 Å². The van der Waals surface area contributed by atoms with E-state index in [1.807, 2.05) is 30.3 Å². The van der Waals surface area contributed by atoms with Crippen molar-refractivity contribution >= 4 is 10.9 Å². The van der Waals surface area contributed by atoms with Crippen molar-refractivity contribution in [2.75, 3.05) is 0 Å². The van der Waals surface area contributed by atoms with Gasteiger partial charge in [-0.25, -0.2) is 5.10 Å². The molecular formula is C10H7N5. The second kappa shape index (κ2) is 3.13. The SMILES string of the molecule is c1cnc2ccc(-c3nnn[nH]3)cc2c1. The van der Waals surface area contributed by atoms with E-state index in [0.717, 1.165) is 16.5 Å². The monoisotopic (exact) mass is 197 g/mol. The Morgan fingerprint density at radius 1 is 1.13 bits per heavy atom. The predicted octanol–water partition coefficient (Wildman–Crippen LogP) is 1.41. The van der Waals surface area contributed by atoms with Gasteiger partial charge in [0.25, 0.3) is 0 Å². The topological polar surface area (TPSA) is 67.3 Å². The van der Waals surface area contributed by atoms with Crippen molar-refractivity contribution in [2.45, 2.75) is 0 Å². The van der Waals surface area contributed by atoms with Gasteiger partial charge in [0, 0.05) is 17.1 Å². The molecule has 3 rings (SSSR count). The van der Waals surface area contributed by atoms with E-state index >= 15 is 0 Å². The van der Waals surface area contributed by atoms with Gasteiger partial charge in [-0.05, 0) is 34.7 Å². The summed E-state index contributed by atoms with van der Waals surface area (Å²) in [6.07, 6.45) is 1.78. The average molecular weight is 197 g/mol. The molecule has 3 aromatic rings. The molecule has 5 nitrogen and oxygen atoms in total. The molecule has 0 aliphatic carbocycles. The van der Waals surface area contributed by atoms with Crippen molar-refractivity contribution in [3.8, 4) is 11.4 Å². The van der Waals surface area contributed by atoms with Gasteiger partial charge in [-0.2, -0.15) is 0 Å². The quantitative estimate of drug-likeness (QED) is 0.640. The lowest BCUT2D eigenvalue weighted by molar-refractivity contribution is 0.881. The van der Waals surface area contributed by atoms with Crippen LogP contribution in [0.1, 0.15) is 0 Å². The van der Waals surface area contributed by atoms with E-state index in [1.54, 1.807) is 6.20 Å². The number of H-pyrrole nitrogens is 1. The highest BCUT2D eigenvalue weighted by Crippen LogP contribution is 2.19.